The highest BCUT2D eigenvalue weighted by Crippen LogP contribution is 2.27. The van der Waals surface area contributed by atoms with Gasteiger partial charge in [0.1, 0.15) is 4.34 Å². The quantitative estimate of drug-likeness (QED) is 0.776. The van der Waals surface area contributed by atoms with Crippen molar-refractivity contribution in [3.63, 3.8) is 0 Å². The van der Waals surface area contributed by atoms with Gasteiger partial charge in [-0.2, -0.15) is 0 Å². The molecular weight excluding hydrogens is 180 g/mol. The highest BCUT2D eigenvalue weighted by molar-refractivity contribution is 7.19. The number of rotatable bonds is 2. The molecule has 0 aliphatic rings. The van der Waals surface area contributed by atoms with E-state index in [4.69, 9.17) is 11.6 Å². The fraction of sp³-hybridized carbons (Fsp3) is 0.571. The third kappa shape index (κ3) is 2.34. The van der Waals surface area contributed by atoms with Crippen LogP contribution >= 0.6 is 22.9 Å². The van der Waals surface area contributed by atoms with Crippen LogP contribution in [-0.2, 0) is 0 Å². The molecule has 0 amide bonds. The first-order valence-electron chi connectivity index (χ1n) is 3.49. The van der Waals surface area contributed by atoms with Crippen molar-refractivity contribution in [1.82, 2.24) is 4.98 Å². The second-order valence-electron chi connectivity index (χ2n) is 2.68. The van der Waals surface area contributed by atoms with Crippen molar-refractivity contribution in [2.45, 2.75) is 26.8 Å². The third-order valence-electron chi connectivity index (χ3n) is 1.15. The van der Waals surface area contributed by atoms with Crippen LogP contribution in [0.2, 0.25) is 4.34 Å². The van der Waals surface area contributed by atoms with Gasteiger partial charge in [-0.15, -0.1) is 0 Å². The van der Waals surface area contributed by atoms with E-state index in [1.54, 1.807) is 0 Å². The van der Waals surface area contributed by atoms with Gasteiger partial charge in [0.2, 0.25) is 0 Å². The molecular formula is C7H11ClN2S. The van der Waals surface area contributed by atoms with Crippen molar-refractivity contribution in [3.05, 3.63) is 10.0 Å². The lowest BCUT2D eigenvalue weighted by Gasteiger charge is -2.03. The molecule has 1 N–H and O–H groups in total. The normalized spacial score (nSPS) is 10.6. The second-order valence-corrected chi connectivity index (χ2v) is 4.28. The zero-order valence-corrected chi connectivity index (χ0v) is 8.38. The van der Waals surface area contributed by atoms with Gasteiger partial charge in [0.25, 0.3) is 0 Å². The topological polar surface area (TPSA) is 24.9 Å². The van der Waals surface area contributed by atoms with Gasteiger partial charge in [0.15, 0.2) is 5.13 Å². The Morgan fingerprint density at radius 3 is 2.55 bits per heavy atom. The van der Waals surface area contributed by atoms with E-state index in [-0.39, 0.29) is 0 Å². The van der Waals surface area contributed by atoms with Gasteiger partial charge in [-0.25, -0.2) is 4.98 Å². The maximum absolute atomic E-state index is 5.83. The van der Waals surface area contributed by atoms with E-state index in [1.807, 2.05) is 6.92 Å². The smallest absolute Gasteiger partial charge is 0.184 e. The molecule has 1 aromatic rings. The SMILES string of the molecule is Cc1nc(NC(C)C)sc1Cl. The van der Waals surface area contributed by atoms with E-state index >= 15 is 0 Å². The first-order chi connectivity index (χ1) is 5.09. The molecule has 0 aliphatic carbocycles. The maximum Gasteiger partial charge on any atom is 0.184 e. The summed E-state index contributed by atoms with van der Waals surface area (Å²) in [5.74, 6) is 0. The summed E-state index contributed by atoms with van der Waals surface area (Å²) >= 11 is 7.31. The van der Waals surface area contributed by atoms with Crippen LogP contribution in [0.15, 0.2) is 0 Å². The number of thiazole rings is 1. The maximum atomic E-state index is 5.83. The highest BCUT2D eigenvalue weighted by Gasteiger charge is 2.04. The van der Waals surface area contributed by atoms with Crippen LogP contribution in [-0.4, -0.2) is 11.0 Å². The van der Waals surface area contributed by atoms with Crippen LogP contribution in [0.5, 0.6) is 0 Å². The largest absolute Gasteiger partial charge is 0.359 e. The third-order valence-corrected chi connectivity index (χ3v) is 2.53. The first kappa shape index (κ1) is 8.81. The van der Waals surface area contributed by atoms with Crippen LogP contribution in [0.25, 0.3) is 0 Å². The molecule has 0 saturated heterocycles. The Kier molecular flexibility index (Phi) is 2.73. The zero-order chi connectivity index (χ0) is 8.43. The molecule has 62 valence electrons. The second kappa shape index (κ2) is 3.41. The van der Waals surface area contributed by atoms with Crippen molar-refractivity contribution in [2.24, 2.45) is 0 Å². The molecule has 0 spiro atoms. The summed E-state index contributed by atoms with van der Waals surface area (Å²) < 4.78 is 0.771. The van der Waals surface area contributed by atoms with Gasteiger partial charge in [0.05, 0.1) is 5.69 Å². The van der Waals surface area contributed by atoms with E-state index in [0.29, 0.717) is 6.04 Å². The molecule has 0 aromatic carbocycles. The molecule has 0 unspecified atom stereocenters. The highest BCUT2D eigenvalue weighted by atomic mass is 35.5. The van der Waals surface area contributed by atoms with E-state index < -0.39 is 0 Å². The molecule has 1 rings (SSSR count). The minimum atomic E-state index is 0.414. The predicted molar refractivity (Wildman–Crippen MR) is 50.6 cm³/mol. The van der Waals surface area contributed by atoms with Crippen molar-refractivity contribution in [3.8, 4) is 0 Å². The van der Waals surface area contributed by atoms with Crippen LogP contribution in [0.4, 0.5) is 5.13 Å². The number of hydrogen-bond acceptors (Lipinski definition) is 3. The Morgan fingerprint density at radius 1 is 1.55 bits per heavy atom. The van der Waals surface area contributed by atoms with Gasteiger partial charge in [-0.1, -0.05) is 22.9 Å². The Balaban J connectivity index is 2.73. The molecule has 0 radical (unpaired) electrons. The summed E-state index contributed by atoms with van der Waals surface area (Å²) in [6, 6.07) is 0.414. The first-order valence-corrected chi connectivity index (χ1v) is 4.68. The monoisotopic (exact) mass is 190 g/mol. The van der Waals surface area contributed by atoms with Crippen LogP contribution in [0.3, 0.4) is 0 Å². The van der Waals surface area contributed by atoms with Crippen LogP contribution < -0.4 is 5.32 Å². The van der Waals surface area contributed by atoms with Crippen molar-refractivity contribution >= 4 is 28.1 Å². The Morgan fingerprint density at radius 2 is 2.18 bits per heavy atom. The number of aromatic nitrogens is 1. The van der Waals surface area contributed by atoms with Gasteiger partial charge in [-0.3, -0.25) is 0 Å². The minimum Gasteiger partial charge on any atom is -0.359 e. The lowest BCUT2D eigenvalue weighted by atomic mass is 10.4. The lowest BCUT2D eigenvalue weighted by Crippen LogP contribution is -2.08. The molecule has 2 nitrogen and oxygen atoms in total. The number of nitrogens with one attached hydrogen (secondary N) is 1. The molecule has 0 saturated carbocycles. The number of halogens is 1. The lowest BCUT2D eigenvalue weighted by molar-refractivity contribution is 0.895. The van der Waals surface area contributed by atoms with Crippen LogP contribution in [0, 0.1) is 6.92 Å². The number of nitrogens with zero attached hydrogens (tertiary/aromatic N) is 1. The molecule has 0 aliphatic heterocycles. The van der Waals surface area contributed by atoms with Gasteiger partial charge in [0, 0.05) is 6.04 Å². The van der Waals surface area contributed by atoms with Crippen molar-refractivity contribution in [1.29, 1.82) is 0 Å². The standard InChI is InChI=1S/C7H11ClN2S/c1-4(2)9-7-10-5(3)6(8)11-7/h4H,1-3H3,(H,9,10). The molecule has 0 atom stereocenters. The molecule has 0 fully saturated rings. The summed E-state index contributed by atoms with van der Waals surface area (Å²) in [6.07, 6.45) is 0. The number of aryl methyl sites for hydroxylation is 1. The Hall–Kier alpha value is -0.280. The summed E-state index contributed by atoms with van der Waals surface area (Å²) in [5, 5.41) is 4.09. The summed E-state index contributed by atoms with van der Waals surface area (Å²) in [7, 11) is 0. The number of anilines is 1. The predicted octanol–water partition coefficient (Wildman–Crippen LogP) is 2.93. The van der Waals surface area contributed by atoms with Crippen molar-refractivity contribution < 1.29 is 0 Å². The van der Waals surface area contributed by atoms with Gasteiger partial charge >= 0.3 is 0 Å². The van der Waals surface area contributed by atoms with Gasteiger partial charge < -0.3 is 5.32 Å². The summed E-state index contributed by atoms with van der Waals surface area (Å²) in [5.41, 5.74) is 0.903. The molecule has 4 heteroatoms. The molecule has 0 bridgehead atoms. The van der Waals surface area contributed by atoms with E-state index in [9.17, 15) is 0 Å². The number of hydrogen-bond donors (Lipinski definition) is 1. The minimum absolute atomic E-state index is 0.414. The zero-order valence-electron chi connectivity index (χ0n) is 6.81. The van der Waals surface area contributed by atoms with E-state index in [1.165, 1.54) is 11.3 Å². The summed E-state index contributed by atoms with van der Waals surface area (Å²) in [4.78, 5) is 4.23. The molecule has 1 aromatic heterocycles. The average Bonchev–Trinajstić information content (AvgIpc) is 2.10. The fourth-order valence-corrected chi connectivity index (χ4v) is 1.79. The Labute approximate surface area is 75.6 Å². The van der Waals surface area contributed by atoms with Crippen molar-refractivity contribution in [2.75, 3.05) is 5.32 Å². The fourth-order valence-electron chi connectivity index (χ4n) is 0.687. The Bertz CT molecular complexity index is 225. The van der Waals surface area contributed by atoms with Crippen LogP contribution in [0.1, 0.15) is 19.5 Å². The molecule has 1 heterocycles. The molecule has 11 heavy (non-hydrogen) atoms. The summed E-state index contributed by atoms with van der Waals surface area (Å²) in [6.45, 7) is 6.06. The van der Waals surface area contributed by atoms with E-state index in [0.717, 1.165) is 15.2 Å². The van der Waals surface area contributed by atoms with Gasteiger partial charge in [-0.05, 0) is 20.8 Å². The van der Waals surface area contributed by atoms with E-state index in [2.05, 4.69) is 24.1 Å². The average molecular weight is 191 g/mol.